The van der Waals surface area contributed by atoms with Gasteiger partial charge in [-0.3, -0.25) is 4.79 Å². The van der Waals surface area contributed by atoms with Gasteiger partial charge in [0.2, 0.25) is 4.96 Å². The van der Waals surface area contributed by atoms with E-state index in [2.05, 4.69) is 20.6 Å². The van der Waals surface area contributed by atoms with E-state index in [1.54, 1.807) is 46.2 Å². The fourth-order valence-electron chi connectivity index (χ4n) is 2.80. The van der Waals surface area contributed by atoms with Crippen LogP contribution in [0.15, 0.2) is 46.9 Å². The van der Waals surface area contributed by atoms with Crippen LogP contribution in [0.3, 0.4) is 0 Å². The summed E-state index contributed by atoms with van der Waals surface area (Å²) in [5, 5.41) is 21.5. The molecular weight excluding hydrogens is 382 g/mol. The number of benzene rings is 1. The Morgan fingerprint density at radius 1 is 1.19 bits per heavy atom. The Morgan fingerprint density at radius 2 is 2.07 bits per heavy atom. The van der Waals surface area contributed by atoms with Crippen LogP contribution >= 0.6 is 22.7 Å². The number of nitrogens with one attached hydrogen (secondary N) is 1. The van der Waals surface area contributed by atoms with E-state index in [1.165, 1.54) is 17.6 Å². The first kappa shape index (κ1) is 15.9. The Bertz CT molecular complexity index is 1230. The number of amides is 1. The van der Waals surface area contributed by atoms with Crippen LogP contribution in [-0.2, 0) is 4.79 Å². The number of aromatic hydroxyl groups is 1. The summed E-state index contributed by atoms with van der Waals surface area (Å²) in [4.78, 5) is 18.9. The molecule has 2 N–H and O–H groups in total. The second kappa shape index (κ2) is 6.15. The summed E-state index contributed by atoms with van der Waals surface area (Å²) in [7, 11) is 0. The van der Waals surface area contributed by atoms with E-state index < -0.39 is 5.91 Å². The molecule has 4 aromatic rings. The molecule has 0 bridgehead atoms. The number of rotatable bonds is 2. The van der Waals surface area contributed by atoms with Crippen LogP contribution in [0.1, 0.15) is 17.0 Å². The van der Waals surface area contributed by atoms with Gasteiger partial charge in [-0.15, -0.1) is 11.3 Å². The van der Waals surface area contributed by atoms with E-state index in [9.17, 15) is 9.90 Å². The Balaban J connectivity index is 1.69. The third-order valence-electron chi connectivity index (χ3n) is 4.06. The summed E-state index contributed by atoms with van der Waals surface area (Å²) < 4.78 is 1.69. The fraction of sp³-hybridized carbons (Fsp3) is 0. The van der Waals surface area contributed by atoms with Gasteiger partial charge in [-0.2, -0.15) is 10.2 Å². The lowest BCUT2D eigenvalue weighted by Crippen LogP contribution is -2.17. The molecule has 5 rings (SSSR count). The molecule has 0 spiro atoms. The van der Waals surface area contributed by atoms with Gasteiger partial charge in [0.1, 0.15) is 17.1 Å². The molecule has 4 heterocycles. The molecule has 27 heavy (non-hydrogen) atoms. The van der Waals surface area contributed by atoms with Gasteiger partial charge in [0, 0.05) is 5.56 Å². The first-order valence-electron chi connectivity index (χ1n) is 7.97. The van der Waals surface area contributed by atoms with Crippen LogP contribution < -0.4 is 5.43 Å². The summed E-state index contributed by atoms with van der Waals surface area (Å²) in [6.07, 6.45) is 3.15. The van der Waals surface area contributed by atoms with Gasteiger partial charge >= 0.3 is 0 Å². The summed E-state index contributed by atoms with van der Waals surface area (Å²) in [6, 6.07) is 10.8. The van der Waals surface area contributed by atoms with Crippen molar-refractivity contribution in [2.75, 3.05) is 0 Å². The van der Waals surface area contributed by atoms with Crippen molar-refractivity contribution < 1.29 is 9.90 Å². The van der Waals surface area contributed by atoms with Crippen molar-refractivity contribution in [2.24, 2.45) is 5.10 Å². The molecule has 132 valence electrons. The van der Waals surface area contributed by atoms with Crippen molar-refractivity contribution in [3.05, 3.63) is 58.7 Å². The molecule has 0 unspecified atom stereocenters. The summed E-state index contributed by atoms with van der Waals surface area (Å²) in [5.41, 5.74) is 4.41. The monoisotopic (exact) mass is 393 g/mol. The van der Waals surface area contributed by atoms with Crippen LogP contribution in [0, 0.1) is 0 Å². The predicted molar refractivity (Wildman–Crippen MR) is 106 cm³/mol. The van der Waals surface area contributed by atoms with Crippen LogP contribution in [0.4, 0.5) is 0 Å². The van der Waals surface area contributed by atoms with Crippen LogP contribution in [0.25, 0.3) is 26.5 Å². The van der Waals surface area contributed by atoms with Gasteiger partial charge < -0.3 is 5.11 Å². The zero-order chi connectivity index (χ0) is 18.4. The highest BCUT2D eigenvalue weighted by Crippen LogP contribution is 2.32. The second-order valence-electron chi connectivity index (χ2n) is 5.74. The van der Waals surface area contributed by atoms with Gasteiger partial charge in [-0.1, -0.05) is 35.6 Å². The summed E-state index contributed by atoms with van der Waals surface area (Å²) in [5.74, 6) is -0.305. The average Bonchev–Trinajstić information content (AvgIpc) is 3.36. The predicted octanol–water partition coefficient (Wildman–Crippen LogP) is 3.23. The zero-order valence-corrected chi connectivity index (χ0v) is 15.3. The lowest BCUT2D eigenvalue weighted by Gasteiger charge is -2.03. The lowest BCUT2D eigenvalue weighted by atomic mass is 10.1. The van der Waals surface area contributed by atoms with Crippen LogP contribution in [0.2, 0.25) is 0 Å². The van der Waals surface area contributed by atoms with E-state index in [-0.39, 0.29) is 5.75 Å². The molecule has 0 fully saturated rings. The van der Waals surface area contributed by atoms with Crippen molar-refractivity contribution in [1.82, 2.24) is 20.0 Å². The van der Waals surface area contributed by atoms with Gasteiger partial charge in [0.15, 0.2) is 5.01 Å². The highest BCUT2D eigenvalue weighted by Gasteiger charge is 2.25. The molecule has 0 atom stereocenters. The Kier molecular flexibility index (Phi) is 3.62. The zero-order valence-electron chi connectivity index (χ0n) is 13.7. The molecular formula is C18H11N5O2S2. The minimum Gasteiger partial charge on any atom is -0.507 e. The average molecular weight is 393 g/mol. The minimum atomic E-state index is -0.391. The third-order valence-corrected chi connectivity index (χ3v) is 6.01. The number of fused-ring (bicyclic) bond motifs is 3. The first-order chi connectivity index (χ1) is 13.2. The summed E-state index contributed by atoms with van der Waals surface area (Å²) in [6.45, 7) is 0. The number of aromatic nitrogens is 3. The normalized spacial score (nSPS) is 15.1. The van der Waals surface area contributed by atoms with Gasteiger partial charge in [0.25, 0.3) is 5.91 Å². The second-order valence-corrected chi connectivity index (χ2v) is 7.64. The highest BCUT2D eigenvalue weighted by atomic mass is 32.1. The number of imidazole rings is 1. The molecule has 3 aromatic heterocycles. The molecule has 9 heteroatoms. The largest absolute Gasteiger partial charge is 0.507 e. The van der Waals surface area contributed by atoms with E-state index in [4.69, 9.17) is 0 Å². The minimum absolute atomic E-state index is 0.0867. The van der Waals surface area contributed by atoms with E-state index in [1.807, 2.05) is 17.5 Å². The number of hydrogen-bond donors (Lipinski definition) is 2. The Hall–Kier alpha value is -3.30. The number of thiophene rings is 1. The van der Waals surface area contributed by atoms with Crippen LogP contribution in [-0.4, -0.2) is 31.8 Å². The molecule has 0 aliphatic carbocycles. The molecule has 1 amide bonds. The van der Waals surface area contributed by atoms with Gasteiger partial charge in [-0.25, -0.2) is 14.9 Å². The number of hydrogen-bond acceptors (Lipinski definition) is 7. The topological polar surface area (TPSA) is 91.9 Å². The van der Waals surface area contributed by atoms with Crippen molar-refractivity contribution in [2.45, 2.75) is 0 Å². The standard InChI is InChI=1S/C18H11N5O2S2/c24-13-5-2-1-4-10(13)8-11-15-12(9-19-21-16(11)25)23-18(20-15)27-17(22-23)14-6-3-7-26-14/h1-9,24H,(H,21,25)/b11-8-. The Morgan fingerprint density at radius 3 is 2.89 bits per heavy atom. The van der Waals surface area contributed by atoms with E-state index >= 15 is 0 Å². The smallest absolute Gasteiger partial charge is 0.273 e. The molecule has 0 saturated carbocycles. The van der Waals surface area contributed by atoms with E-state index in [0.717, 1.165) is 9.88 Å². The number of carbonyl (C=O) groups excluding carboxylic acids is 1. The quantitative estimate of drug-likeness (QED) is 0.512. The molecule has 0 radical (unpaired) electrons. The molecule has 7 nitrogen and oxygen atoms in total. The molecule has 1 aromatic carbocycles. The lowest BCUT2D eigenvalue weighted by molar-refractivity contribution is -0.115. The fourth-order valence-corrected chi connectivity index (χ4v) is 4.50. The Labute approximate surface area is 160 Å². The van der Waals surface area contributed by atoms with Crippen LogP contribution in [0.5, 0.6) is 5.75 Å². The molecule has 1 aliphatic rings. The number of hydrazone groups is 1. The SMILES string of the molecule is O=C1NN=Cc2c(nc3sc(-c4cccs4)nn23)/C1=C/c1ccccc1O. The van der Waals surface area contributed by atoms with E-state index in [0.29, 0.717) is 27.5 Å². The molecule has 1 aliphatic heterocycles. The number of phenolic OH excluding ortho intramolecular Hbond substituents is 1. The maximum atomic E-state index is 12.5. The maximum absolute atomic E-state index is 12.5. The third kappa shape index (κ3) is 2.64. The number of nitrogens with zero attached hydrogens (tertiary/aromatic N) is 4. The summed E-state index contributed by atoms with van der Waals surface area (Å²) >= 11 is 3.06. The van der Waals surface area contributed by atoms with Crippen molar-refractivity contribution in [3.63, 3.8) is 0 Å². The van der Waals surface area contributed by atoms with Crippen molar-refractivity contribution in [3.8, 4) is 15.6 Å². The van der Waals surface area contributed by atoms with Gasteiger partial charge in [-0.05, 0) is 23.6 Å². The maximum Gasteiger partial charge on any atom is 0.273 e. The number of phenols is 1. The first-order valence-corrected chi connectivity index (χ1v) is 9.67. The number of para-hydroxylation sites is 1. The van der Waals surface area contributed by atoms with Crippen molar-refractivity contribution >= 4 is 51.4 Å². The van der Waals surface area contributed by atoms with Gasteiger partial charge in [0.05, 0.1) is 16.7 Å². The van der Waals surface area contributed by atoms with Crippen molar-refractivity contribution in [1.29, 1.82) is 0 Å². The highest BCUT2D eigenvalue weighted by molar-refractivity contribution is 7.23. The molecule has 0 saturated heterocycles. The number of carbonyl (C=O) groups is 1.